The molecule has 0 aliphatic carbocycles. The van der Waals surface area contributed by atoms with Crippen molar-refractivity contribution in [2.45, 2.75) is 19.4 Å². The van der Waals surface area contributed by atoms with E-state index in [4.69, 9.17) is 14.5 Å². The Morgan fingerprint density at radius 3 is 2.43 bits per heavy atom. The Morgan fingerprint density at radius 2 is 1.73 bits per heavy atom. The molecular formula is C28H29N5O3S. The monoisotopic (exact) mass is 515 g/mol. The summed E-state index contributed by atoms with van der Waals surface area (Å²) in [5, 5.41) is 6.00. The smallest absolute Gasteiger partial charge is 0.225 e. The van der Waals surface area contributed by atoms with Gasteiger partial charge in [0.2, 0.25) is 5.91 Å². The van der Waals surface area contributed by atoms with Crippen molar-refractivity contribution in [3.05, 3.63) is 72.0 Å². The van der Waals surface area contributed by atoms with Gasteiger partial charge in [0.05, 0.1) is 38.1 Å². The van der Waals surface area contributed by atoms with E-state index in [1.807, 2.05) is 60.0 Å². The maximum Gasteiger partial charge on any atom is 0.225 e. The Hall–Kier alpha value is -3.98. The third-order valence-electron chi connectivity index (χ3n) is 6.49. The van der Waals surface area contributed by atoms with Gasteiger partial charge in [-0.05, 0) is 61.4 Å². The maximum atomic E-state index is 13.0. The number of nitrogens with one attached hydrogen (secondary N) is 1. The normalized spacial score (nSPS) is 15.3. The summed E-state index contributed by atoms with van der Waals surface area (Å²) in [5.41, 5.74) is 3.73. The molecule has 1 N–H and O–H groups in total. The van der Waals surface area contributed by atoms with Crippen LogP contribution in [0.15, 0.2) is 66.3 Å². The summed E-state index contributed by atoms with van der Waals surface area (Å²) in [6.07, 6.45) is 3.37. The molecule has 1 saturated heterocycles. The van der Waals surface area contributed by atoms with Crippen LogP contribution < -0.4 is 19.7 Å². The van der Waals surface area contributed by atoms with Gasteiger partial charge in [-0.3, -0.25) is 4.79 Å². The van der Waals surface area contributed by atoms with Crippen LogP contribution >= 0.6 is 11.3 Å². The summed E-state index contributed by atoms with van der Waals surface area (Å²) in [5.74, 6) is 2.40. The number of methoxy groups -OCH3 is 2. The summed E-state index contributed by atoms with van der Waals surface area (Å²) in [6, 6.07) is 17.6. The fourth-order valence-electron chi connectivity index (χ4n) is 4.42. The topological polar surface area (TPSA) is 89.5 Å². The summed E-state index contributed by atoms with van der Waals surface area (Å²) in [6.45, 7) is 1.90. The van der Waals surface area contributed by atoms with Crippen LogP contribution in [0, 0.1) is 5.92 Å². The van der Waals surface area contributed by atoms with Crippen molar-refractivity contribution >= 4 is 23.1 Å². The first kappa shape index (κ1) is 24.7. The van der Waals surface area contributed by atoms with Crippen LogP contribution in [0.5, 0.6) is 11.5 Å². The summed E-state index contributed by atoms with van der Waals surface area (Å²) < 4.78 is 10.5. The lowest BCUT2D eigenvalue weighted by Gasteiger charge is -2.32. The number of nitrogens with zero attached hydrogens (tertiary/aromatic N) is 4. The molecule has 2 aromatic carbocycles. The quantitative estimate of drug-likeness (QED) is 0.360. The van der Waals surface area contributed by atoms with Gasteiger partial charge >= 0.3 is 0 Å². The SMILES string of the molecule is COc1ccc(-c2cc(N3CCCC(C(=O)NCc4csc(-c5ccc(OC)cc5)n4)C3)ncn2)cc1. The summed E-state index contributed by atoms with van der Waals surface area (Å²) in [4.78, 5) is 28.8. The first-order valence-electron chi connectivity index (χ1n) is 12.2. The van der Waals surface area contributed by atoms with E-state index in [9.17, 15) is 4.79 Å². The zero-order chi connectivity index (χ0) is 25.6. The largest absolute Gasteiger partial charge is 0.497 e. The fraction of sp³-hybridized carbons (Fsp3) is 0.286. The van der Waals surface area contributed by atoms with Crippen molar-refractivity contribution in [1.29, 1.82) is 0 Å². The lowest BCUT2D eigenvalue weighted by molar-refractivity contribution is -0.125. The summed E-state index contributed by atoms with van der Waals surface area (Å²) >= 11 is 1.57. The number of anilines is 1. The molecule has 8 nitrogen and oxygen atoms in total. The molecule has 1 fully saturated rings. The molecule has 0 spiro atoms. The molecule has 1 atom stereocenters. The number of amides is 1. The average Bonchev–Trinajstić information content (AvgIpc) is 3.45. The van der Waals surface area contributed by atoms with Crippen LogP contribution in [0.2, 0.25) is 0 Å². The molecular weight excluding hydrogens is 486 g/mol. The van der Waals surface area contributed by atoms with Gasteiger partial charge < -0.3 is 19.7 Å². The van der Waals surface area contributed by atoms with Crippen LogP contribution in [0.1, 0.15) is 18.5 Å². The lowest BCUT2D eigenvalue weighted by Crippen LogP contribution is -2.43. The van der Waals surface area contributed by atoms with Crippen molar-refractivity contribution in [3.63, 3.8) is 0 Å². The first-order valence-corrected chi connectivity index (χ1v) is 13.1. The molecule has 1 aliphatic heterocycles. The number of hydrogen-bond donors (Lipinski definition) is 1. The molecule has 2 aromatic heterocycles. The van der Waals surface area contributed by atoms with Crippen LogP contribution in [0.4, 0.5) is 5.82 Å². The fourth-order valence-corrected chi connectivity index (χ4v) is 5.24. The molecule has 37 heavy (non-hydrogen) atoms. The van der Waals surface area contributed by atoms with Gasteiger partial charge in [0, 0.05) is 35.7 Å². The highest BCUT2D eigenvalue weighted by Crippen LogP contribution is 2.28. The van der Waals surface area contributed by atoms with Crippen molar-refractivity contribution < 1.29 is 14.3 Å². The molecule has 1 aliphatic rings. The predicted molar refractivity (Wildman–Crippen MR) is 145 cm³/mol. The van der Waals surface area contributed by atoms with E-state index in [0.29, 0.717) is 13.1 Å². The number of ether oxygens (including phenoxy) is 2. The van der Waals surface area contributed by atoms with Crippen LogP contribution in [0.3, 0.4) is 0 Å². The van der Waals surface area contributed by atoms with E-state index in [1.54, 1.807) is 31.9 Å². The zero-order valence-corrected chi connectivity index (χ0v) is 21.7. The standard InChI is InChI=1S/C28H29N5O3S/c1-35-23-9-5-19(6-10-23)25-14-26(31-18-30-25)33-13-3-4-21(16-33)27(34)29-15-22-17-37-28(32-22)20-7-11-24(36-2)12-8-20/h5-12,14,17-18,21H,3-4,13,15-16H2,1-2H3,(H,29,34). The minimum atomic E-state index is -0.104. The van der Waals surface area contributed by atoms with Gasteiger partial charge in [-0.15, -0.1) is 11.3 Å². The predicted octanol–water partition coefficient (Wildman–Crippen LogP) is 4.82. The summed E-state index contributed by atoms with van der Waals surface area (Å²) in [7, 11) is 3.30. The third kappa shape index (κ3) is 5.89. The Labute approximate surface area is 220 Å². The van der Waals surface area contributed by atoms with E-state index >= 15 is 0 Å². The van der Waals surface area contributed by atoms with E-state index < -0.39 is 0 Å². The number of rotatable bonds is 8. The molecule has 190 valence electrons. The molecule has 1 amide bonds. The Balaban J connectivity index is 1.19. The van der Waals surface area contributed by atoms with E-state index in [1.165, 1.54) is 0 Å². The van der Waals surface area contributed by atoms with Gasteiger partial charge in [0.15, 0.2) is 0 Å². The van der Waals surface area contributed by atoms with Gasteiger partial charge in [0.25, 0.3) is 0 Å². The lowest BCUT2D eigenvalue weighted by atomic mass is 9.97. The van der Waals surface area contributed by atoms with Gasteiger partial charge in [-0.2, -0.15) is 0 Å². The van der Waals surface area contributed by atoms with E-state index in [2.05, 4.69) is 20.2 Å². The minimum absolute atomic E-state index is 0.0492. The highest BCUT2D eigenvalue weighted by molar-refractivity contribution is 7.13. The van der Waals surface area contributed by atoms with Crippen LogP contribution in [-0.4, -0.2) is 48.2 Å². The van der Waals surface area contributed by atoms with Crippen molar-refractivity contribution in [2.24, 2.45) is 5.92 Å². The molecule has 3 heterocycles. The highest BCUT2D eigenvalue weighted by Gasteiger charge is 2.27. The number of benzene rings is 2. The molecule has 4 aromatic rings. The number of hydrogen-bond acceptors (Lipinski definition) is 8. The molecule has 9 heteroatoms. The Morgan fingerprint density at radius 1 is 1.03 bits per heavy atom. The second-order valence-electron chi connectivity index (χ2n) is 8.87. The van der Waals surface area contributed by atoms with Crippen LogP contribution in [-0.2, 0) is 11.3 Å². The van der Waals surface area contributed by atoms with Crippen LogP contribution in [0.25, 0.3) is 21.8 Å². The van der Waals surface area contributed by atoms with Crippen molar-refractivity contribution in [2.75, 3.05) is 32.2 Å². The second kappa shape index (κ2) is 11.4. The van der Waals surface area contributed by atoms with Gasteiger partial charge in [-0.1, -0.05) is 0 Å². The van der Waals surface area contributed by atoms with Crippen molar-refractivity contribution in [1.82, 2.24) is 20.3 Å². The minimum Gasteiger partial charge on any atom is -0.497 e. The average molecular weight is 516 g/mol. The first-order chi connectivity index (χ1) is 18.1. The Kier molecular flexibility index (Phi) is 7.60. The molecule has 1 unspecified atom stereocenters. The number of thiazole rings is 1. The molecule has 0 radical (unpaired) electrons. The van der Waals surface area contributed by atoms with E-state index in [-0.39, 0.29) is 11.8 Å². The number of piperidine rings is 1. The number of carbonyl (C=O) groups excluding carboxylic acids is 1. The third-order valence-corrected chi connectivity index (χ3v) is 7.43. The van der Waals surface area contributed by atoms with Gasteiger partial charge in [-0.25, -0.2) is 15.0 Å². The second-order valence-corrected chi connectivity index (χ2v) is 9.72. The molecule has 0 saturated carbocycles. The number of aromatic nitrogens is 3. The van der Waals surface area contributed by atoms with Gasteiger partial charge in [0.1, 0.15) is 28.7 Å². The van der Waals surface area contributed by atoms with E-state index in [0.717, 1.165) is 64.2 Å². The highest BCUT2D eigenvalue weighted by atomic mass is 32.1. The van der Waals surface area contributed by atoms with Crippen molar-refractivity contribution in [3.8, 4) is 33.3 Å². The maximum absolute atomic E-state index is 13.0. The molecule has 5 rings (SSSR count). The molecule has 0 bridgehead atoms. The Bertz CT molecular complexity index is 1340. The number of carbonyl (C=O) groups is 1. The zero-order valence-electron chi connectivity index (χ0n) is 20.9.